The maximum atomic E-state index is 11.1. The van der Waals surface area contributed by atoms with Crippen molar-refractivity contribution < 1.29 is 14.7 Å². The van der Waals surface area contributed by atoms with Gasteiger partial charge in [0.05, 0.1) is 0 Å². The fraction of sp³-hybridized carbons (Fsp3) is 0.818. The van der Waals surface area contributed by atoms with Crippen molar-refractivity contribution in [1.82, 2.24) is 0 Å². The Morgan fingerprint density at radius 3 is 1.35 bits per heavy atom. The third kappa shape index (κ3) is 17.5. The molecule has 3 N–H and O–H groups in total. The largest absolute Gasteiger partial charge is 0.478 e. The summed E-state index contributed by atoms with van der Waals surface area (Å²) in [5.41, 5.74) is 5.41. The number of hydrogen-bond acceptors (Lipinski definition) is 2. The number of rotatable bonds is 19. The molecule has 0 bridgehead atoms. The molecular weight excluding hydrogens is 326 g/mol. The summed E-state index contributed by atoms with van der Waals surface area (Å²) in [6.45, 7) is 2.26. The Labute approximate surface area is 160 Å². The summed E-state index contributed by atoms with van der Waals surface area (Å²) >= 11 is 0. The molecule has 1 amide bonds. The van der Waals surface area contributed by atoms with Crippen LogP contribution in [0.5, 0.6) is 0 Å². The molecule has 0 atom stereocenters. The zero-order valence-electron chi connectivity index (χ0n) is 16.9. The van der Waals surface area contributed by atoms with Crippen LogP contribution in [0.3, 0.4) is 0 Å². The Balaban J connectivity index is 3.31. The number of carboxylic acid groups (broad SMARTS) is 1. The van der Waals surface area contributed by atoms with Crippen LogP contribution in [-0.2, 0) is 9.59 Å². The predicted octanol–water partition coefficient (Wildman–Crippen LogP) is 6.13. The molecule has 0 rings (SSSR count). The van der Waals surface area contributed by atoms with Crippen LogP contribution in [0.25, 0.3) is 0 Å². The lowest BCUT2D eigenvalue weighted by Crippen LogP contribution is -2.15. The molecule has 4 nitrogen and oxygen atoms in total. The van der Waals surface area contributed by atoms with Gasteiger partial charge in [0, 0.05) is 11.6 Å². The Hall–Kier alpha value is -1.32. The molecule has 0 saturated carbocycles. The quantitative estimate of drug-likeness (QED) is 0.213. The minimum absolute atomic E-state index is 0.225. The average molecular weight is 368 g/mol. The molecule has 0 heterocycles. The van der Waals surface area contributed by atoms with E-state index in [1.165, 1.54) is 83.5 Å². The summed E-state index contributed by atoms with van der Waals surface area (Å²) in [5, 5.41) is 8.68. The lowest BCUT2D eigenvalue weighted by atomic mass is 10.0. The average Bonchev–Trinajstić information content (AvgIpc) is 2.59. The van der Waals surface area contributed by atoms with E-state index in [-0.39, 0.29) is 5.57 Å². The zero-order chi connectivity index (χ0) is 19.5. The van der Waals surface area contributed by atoms with Gasteiger partial charge in [-0.25, -0.2) is 4.79 Å². The molecule has 0 unspecified atom stereocenters. The van der Waals surface area contributed by atoms with Crippen LogP contribution in [0.15, 0.2) is 11.6 Å². The van der Waals surface area contributed by atoms with Crippen molar-refractivity contribution in [2.45, 2.75) is 116 Å². The van der Waals surface area contributed by atoms with E-state index in [9.17, 15) is 9.59 Å². The van der Waals surface area contributed by atoms with Crippen molar-refractivity contribution in [2.24, 2.45) is 5.73 Å². The van der Waals surface area contributed by atoms with Gasteiger partial charge in [-0.15, -0.1) is 0 Å². The molecular formula is C22H41NO3. The number of unbranched alkanes of at least 4 members (excludes halogenated alkanes) is 15. The summed E-state index contributed by atoms with van der Waals surface area (Å²) in [6, 6.07) is 0. The standard InChI is InChI=1S/C22H41NO3/c1-2-3-4-5-6-7-8-9-10-11-12-13-14-15-16-17-18-20(22(23)26)19-21(24)25/h19H,2-18H2,1H3,(H2,23,26)(H,24,25)/b20-19-. The third-order valence-electron chi connectivity index (χ3n) is 4.91. The Morgan fingerprint density at radius 1 is 0.692 bits per heavy atom. The Kier molecular flexibility index (Phi) is 17.5. The van der Waals surface area contributed by atoms with E-state index in [0.29, 0.717) is 6.42 Å². The molecule has 0 aliphatic rings. The number of primary amides is 1. The van der Waals surface area contributed by atoms with Gasteiger partial charge in [0.15, 0.2) is 0 Å². The highest BCUT2D eigenvalue weighted by Gasteiger charge is 2.06. The van der Waals surface area contributed by atoms with E-state index in [1.807, 2.05) is 0 Å². The fourth-order valence-corrected chi connectivity index (χ4v) is 3.28. The van der Waals surface area contributed by atoms with Gasteiger partial charge in [-0.3, -0.25) is 4.79 Å². The van der Waals surface area contributed by atoms with Crippen molar-refractivity contribution in [3.8, 4) is 0 Å². The summed E-state index contributed by atoms with van der Waals surface area (Å²) in [6.07, 6.45) is 22.1. The summed E-state index contributed by atoms with van der Waals surface area (Å²) < 4.78 is 0. The third-order valence-corrected chi connectivity index (χ3v) is 4.91. The monoisotopic (exact) mass is 367 g/mol. The van der Waals surface area contributed by atoms with Gasteiger partial charge in [0.2, 0.25) is 5.91 Å². The normalized spacial score (nSPS) is 11.7. The van der Waals surface area contributed by atoms with Crippen LogP contribution < -0.4 is 5.73 Å². The van der Waals surface area contributed by atoms with E-state index in [2.05, 4.69) is 6.92 Å². The van der Waals surface area contributed by atoms with Crippen molar-refractivity contribution >= 4 is 11.9 Å². The van der Waals surface area contributed by atoms with Gasteiger partial charge in [0.1, 0.15) is 0 Å². The molecule has 152 valence electrons. The summed E-state index contributed by atoms with van der Waals surface area (Å²) in [4.78, 5) is 21.7. The smallest absolute Gasteiger partial charge is 0.328 e. The molecule has 0 aromatic heterocycles. The van der Waals surface area contributed by atoms with E-state index >= 15 is 0 Å². The van der Waals surface area contributed by atoms with E-state index in [4.69, 9.17) is 10.8 Å². The van der Waals surface area contributed by atoms with Gasteiger partial charge in [-0.05, 0) is 12.8 Å². The van der Waals surface area contributed by atoms with Gasteiger partial charge < -0.3 is 10.8 Å². The summed E-state index contributed by atoms with van der Waals surface area (Å²) in [5.74, 6) is -1.72. The zero-order valence-corrected chi connectivity index (χ0v) is 16.9. The molecule has 0 aromatic rings. The van der Waals surface area contributed by atoms with Crippen LogP contribution in [0, 0.1) is 0 Å². The van der Waals surface area contributed by atoms with Gasteiger partial charge in [-0.1, -0.05) is 103 Å². The highest BCUT2D eigenvalue weighted by atomic mass is 16.4. The molecule has 0 spiro atoms. The van der Waals surface area contributed by atoms with Crippen molar-refractivity contribution in [2.75, 3.05) is 0 Å². The van der Waals surface area contributed by atoms with E-state index < -0.39 is 11.9 Å². The maximum absolute atomic E-state index is 11.1. The first-order valence-corrected chi connectivity index (χ1v) is 10.8. The number of carboxylic acids is 1. The molecule has 0 radical (unpaired) electrons. The van der Waals surface area contributed by atoms with Gasteiger partial charge >= 0.3 is 5.97 Å². The number of amides is 1. The van der Waals surface area contributed by atoms with E-state index in [0.717, 1.165) is 25.3 Å². The molecule has 0 aliphatic heterocycles. The van der Waals surface area contributed by atoms with Gasteiger partial charge in [-0.2, -0.15) is 0 Å². The molecule has 0 aliphatic carbocycles. The number of carbonyl (C=O) groups excluding carboxylic acids is 1. The predicted molar refractivity (Wildman–Crippen MR) is 109 cm³/mol. The Morgan fingerprint density at radius 2 is 1.04 bits per heavy atom. The molecule has 0 fully saturated rings. The number of nitrogens with two attached hydrogens (primary N) is 1. The minimum atomic E-state index is -1.10. The van der Waals surface area contributed by atoms with Crippen LogP contribution in [0.4, 0.5) is 0 Å². The first-order chi connectivity index (χ1) is 12.6. The lowest BCUT2D eigenvalue weighted by Gasteiger charge is -2.04. The fourth-order valence-electron chi connectivity index (χ4n) is 3.28. The van der Waals surface area contributed by atoms with Crippen molar-refractivity contribution in [3.63, 3.8) is 0 Å². The SMILES string of the molecule is CCCCCCCCCCCCCCCCCC/C(=C/C(=O)O)C(N)=O. The maximum Gasteiger partial charge on any atom is 0.328 e. The van der Waals surface area contributed by atoms with E-state index in [1.54, 1.807) is 0 Å². The molecule has 0 aromatic carbocycles. The Bertz CT molecular complexity index is 391. The summed E-state index contributed by atoms with van der Waals surface area (Å²) in [7, 11) is 0. The first-order valence-electron chi connectivity index (χ1n) is 10.8. The molecule has 4 heteroatoms. The molecule has 26 heavy (non-hydrogen) atoms. The highest BCUT2D eigenvalue weighted by molar-refractivity contribution is 5.97. The second-order valence-corrected chi connectivity index (χ2v) is 7.43. The minimum Gasteiger partial charge on any atom is -0.478 e. The van der Waals surface area contributed by atoms with Crippen molar-refractivity contribution in [3.05, 3.63) is 11.6 Å². The first kappa shape index (κ1) is 24.7. The second-order valence-electron chi connectivity index (χ2n) is 7.43. The van der Waals surface area contributed by atoms with Crippen LogP contribution >= 0.6 is 0 Å². The van der Waals surface area contributed by atoms with Crippen LogP contribution in [0.2, 0.25) is 0 Å². The topological polar surface area (TPSA) is 80.4 Å². The lowest BCUT2D eigenvalue weighted by molar-refractivity contribution is -0.131. The number of aliphatic carboxylic acids is 1. The number of hydrogen-bond donors (Lipinski definition) is 2. The second kappa shape index (κ2) is 18.5. The van der Waals surface area contributed by atoms with Gasteiger partial charge in [0.25, 0.3) is 0 Å². The highest BCUT2D eigenvalue weighted by Crippen LogP contribution is 2.15. The van der Waals surface area contributed by atoms with Crippen molar-refractivity contribution in [1.29, 1.82) is 0 Å². The van der Waals surface area contributed by atoms with Crippen LogP contribution in [-0.4, -0.2) is 17.0 Å². The number of carbonyl (C=O) groups is 2. The van der Waals surface area contributed by atoms with Crippen LogP contribution in [0.1, 0.15) is 116 Å². The molecule has 0 saturated heterocycles.